The van der Waals surface area contributed by atoms with Crippen molar-refractivity contribution in [1.29, 1.82) is 0 Å². The van der Waals surface area contributed by atoms with Gasteiger partial charge in [-0.05, 0) is 29.1 Å². The molecule has 0 bridgehead atoms. The largest absolute Gasteiger partial charge is 0.323 e. The van der Waals surface area contributed by atoms with E-state index in [-0.39, 0.29) is 11.7 Å². The van der Waals surface area contributed by atoms with Crippen LogP contribution < -0.4 is 11.4 Å². The van der Waals surface area contributed by atoms with Gasteiger partial charge in [0.25, 0.3) is 0 Å². The van der Waals surface area contributed by atoms with Gasteiger partial charge in [-0.1, -0.05) is 27.5 Å². The molecule has 1 unspecified atom stereocenters. The lowest BCUT2D eigenvalue weighted by molar-refractivity contribution is 0.889. The summed E-state index contributed by atoms with van der Waals surface area (Å²) in [6.07, 6.45) is 0. The van der Waals surface area contributed by atoms with Gasteiger partial charge >= 0.3 is 5.69 Å². The third-order valence-corrected chi connectivity index (χ3v) is 5.02. The molecular formula is C12H9BrClN3OS. The van der Waals surface area contributed by atoms with E-state index in [2.05, 4.69) is 25.9 Å². The number of rotatable bonds is 2. The number of aromatic nitrogens is 2. The highest BCUT2D eigenvalue weighted by Gasteiger charge is 2.17. The number of thiophene rings is 1. The van der Waals surface area contributed by atoms with Gasteiger partial charge in [-0.2, -0.15) is 0 Å². The van der Waals surface area contributed by atoms with E-state index < -0.39 is 0 Å². The van der Waals surface area contributed by atoms with E-state index in [9.17, 15) is 4.79 Å². The highest BCUT2D eigenvalue weighted by molar-refractivity contribution is 9.10. The van der Waals surface area contributed by atoms with Crippen LogP contribution in [0.1, 0.15) is 16.5 Å². The topological polar surface area (TPSA) is 74.7 Å². The van der Waals surface area contributed by atoms with Gasteiger partial charge in [0.15, 0.2) is 0 Å². The Morgan fingerprint density at radius 1 is 1.32 bits per heavy atom. The van der Waals surface area contributed by atoms with E-state index in [0.717, 1.165) is 25.9 Å². The minimum atomic E-state index is -0.329. The van der Waals surface area contributed by atoms with Crippen molar-refractivity contribution < 1.29 is 0 Å². The molecule has 0 aliphatic heterocycles. The van der Waals surface area contributed by atoms with Gasteiger partial charge in [0, 0.05) is 9.35 Å². The maximum atomic E-state index is 11.3. The Bertz CT molecular complexity index is 807. The van der Waals surface area contributed by atoms with Crippen molar-refractivity contribution in [3.05, 3.63) is 54.0 Å². The third-order valence-electron chi connectivity index (χ3n) is 2.90. The number of benzene rings is 1. The Labute approximate surface area is 125 Å². The summed E-state index contributed by atoms with van der Waals surface area (Å²) in [6, 6.07) is 5.19. The molecule has 0 saturated heterocycles. The van der Waals surface area contributed by atoms with Crippen molar-refractivity contribution in [2.45, 2.75) is 6.04 Å². The summed E-state index contributed by atoms with van der Waals surface area (Å²) >= 11 is 11.1. The zero-order valence-electron chi connectivity index (χ0n) is 9.54. The van der Waals surface area contributed by atoms with E-state index in [0.29, 0.717) is 5.02 Å². The van der Waals surface area contributed by atoms with Gasteiger partial charge in [0.2, 0.25) is 0 Å². The molecule has 7 heteroatoms. The summed E-state index contributed by atoms with van der Waals surface area (Å²) in [6.45, 7) is 0. The summed E-state index contributed by atoms with van der Waals surface area (Å²) in [7, 11) is 0. The summed E-state index contributed by atoms with van der Waals surface area (Å²) < 4.78 is 0.840. The Hall–Kier alpha value is -1.08. The fourth-order valence-corrected chi connectivity index (χ4v) is 3.76. The van der Waals surface area contributed by atoms with Crippen molar-refractivity contribution >= 4 is 49.9 Å². The average molecular weight is 359 g/mol. The number of hydrogen-bond acceptors (Lipinski definition) is 3. The zero-order valence-corrected chi connectivity index (χ0v) is 12.7. The van der Waals surface area contributed by atoms with Crippen molar-refractivity contribution in [2.75, 3.05) is 0 Å². The molecule has 0 saturated carbocycles. The minimum Gasteiger partial charge on any atom is -0.320 e. The van der Waals surface area contributed by atoms with Crippen LogP contribution in [0.25, 0.3) is 11.0 Å². The van der Waals surface area contributed by atoms with Gasteiger partial charge in [-0.3, -0.25) is 0 Å². The molecular weight excluding hydrogens is 350 g/mol. The molecule has 4 N–H and O–H groups in total. The number of hydrogen-bond donors (Lipinski definition) is 3. The number of aromatic amines is 2. The molecule has 98 valence electrons. The van der Waals surface area contributed by atoms with Crippen LogP contribution in [0.4, 0.5) is 0 Å². The summed E-state index contributed by atoms with van der Waals surface area (Å²) in [5.74, 6) is 0. The van der Waals surface area contributed by atoms with Crippen molar-refractivity contribution in [3.8, 4) is 0 Å². The Kier molecular flexibility index (Phi) is 3.26. The second kappa shape index (κ2) is 4.79. The van der Waals surface area contributed by atoms with E-state index in [4.69, 9.17) is 17.3 Å². The molecule has 2 heterocycles. The lowest BCUT2D eigenvalue weighted by atomic mass is 10.1. The van der Waals surface area contributed by atoms with Crippen LogP contribution in [0.2, 0.25) is 5.02 Å². The van der Waals surface area contributed by atoms with E-state index >= 15 is 0 Å². The number of H-pyrrole nitrogens is 2. The molecule has 3 aromatic rings. The highest BCUT2D eigenvalue weighted by Crippen LogP contribution is 2.35. The van der Waals surface area contributed by atoms with Crippen LogP contribution in [-0.2, 0) is 0 Å². The van der Waals surface area contributed by atoms with E-state index in [1.165, 1.54) is 11.3 Å². The Balaban J connectivity index is 2.16. The fraction of sp³-hybridized carbons (Fsp3) is 0.0833. The van der Waals surface area contributed by atoms with E-state index in [1.807, 2.05) is 23.6 Å². The van der Waals surface area contributed by atoms with Crippen LogP contribution >= 0.6 is 38.9 Å². The lowest BCUT2D eigenvalue weighted by Crippen LogP contribution is -2.11. The van der Waals surface area contributed by atoms with Crippen LogP contribution in [0.3, 0.4) is 0 Å². The second-order valence-corrected chi connectivity index (χ2v) is 6.32. The predicted octanol–water partition coefficient (Wildman–Crippen LogP) is 3.38. The first-order valence-electron chi connectivity index (χ1n) is 5.46. The predicted molar refractivity (Wildman–Crippen MR) is 82.0 cm³/mol. The minimum absolute atomic E-state index is 0.234. The maximum absolute atomic E-state index is 11.3. The second-order valence-electron chi connectivity index (χ2n) is 4.11. The van der Waals surface area contributed by atoms with Crippen LogP contribution in [-0.4, -0.2) is 9.97 Å². The first-order chi connectivity index (χ1) is 9.06. The number of halogens is 2. The first-order valence-corrected chi connectivity index (χ1v) is 7.51. The van der Waals surface area contributed by atoms with Crippen molar-refractivity contribution in [3.63, 3.8) is 0 Å². The normalized spacial score (nSPS) is 13.0. The van der Waals surface area contributed by atoms with Gasteiger partial charge in [-0.25, -0.2) is 4.79 Å². The van der Waals surface area contributed by atoms with Gasteiger partial charge in [0.05, 0.1) is 22.1 Å². The summed E-state index contributed by atoms with van der Waals surface area (Å²) in [5, 5.41) is 2.56. The summed E-state index contributed by atoms with van der Waals surface area (Å²) in [4.78, 5) is 17.6. The quantitative estimate of drug-likeness (QED) is 0.657. The Morgan fingerprint density at radius 3 is 2.63 bits per heavy atom. The zero-order chi connectivity index (χ0) is 13.6. The molecule has 2 aromatic heterocycles. The number of nitrogens with two attached hydrogens (primary N) is 1. The molecule has 1 aromatic carbocycles. The van der Waals surface area contributed by atoms with Crippen molar-refractivity contribution in [1.82, 2.24) is 9.97 Å². The van der Waals surface area contributed by atoms with Gasteiger partial charge < -0.3 is 15.7 Å². The highest BCUT2D eigenvalue weighted by atomic mass is 79.9. The van der Waals surface area contributed by atoms with Crippen LogP contribution in [0.5, 0.6) is 0 Å². The first kappa shape index (κ1) is 12.9. The number of fused-ring (bicyclic) bond motifs is 1. The monoisotopic (exact) mass is 357 g/mol. The fourth-order valence-electron chi connectivity index (χ4n) is 1.98. The van der Waals surface area contributed by atoms with Gasteiger partial charge in [-0.15, -0.1) is 11.3 Å². The average Bonchev–Trinajstić information content (AvgIpc) is 2.92. The molecule has 0 aliphatic rings. The number of nitrogens with one attached hydrogen (secondary N) is 2. The smallest absolute Gasteiger partial charge is 0.320 e. The lowest BCUT2D eigenvalue weighted by Gasteiger charge is -2.13. The van der Waals surface area contributed by atoms with Crippen LogP contribution in [0.15, 0.2) is 32.8 Å². The Morgan fingerprint density at radius 2 is 2.00 bits per heavy atom. The molecule has 4 nitrogen and oxygen atoms in total. The number of imidazole rings is 1. The molecule has 0 amide bonds. The molecule has 0 spiro atoms. The molecule has 0 aliphatic carbocycles. The molecule has 1 atom stereocenters. The standard InChI is InChI=1S/C12H9BrClN3OS/c13-6-4-9-8(16-12(18)17-9)3-5(6)10(15)11-7(14)1-2-19-11/h1-4,10H,15H2,(H2,16,17,18). The molecule has 3 rings (SSSR count). The van der Waals surface area contributed by atoms with E-state index in [1.54, 1.807) is 0 Å². The summed E-state index contributed by atoms with van der Waals surface area (Å²) in [5.41, 5.74) is 8.37. The molecule has 19 heavy (non-hydrogen) atoms. The SMILES string of the molecule is NC(c1cc2[nH]c(=O)[nH]c2cc1Br)c1sccc1Cl. The van der Waals surface area contributed by atoms with Crippen molar-refractivity contribution in [2.24, 2.45) is 5.73 Å². The van der Waals surface area contributed by atoms with Crippen LogP contribution in [0, 0.1) is 0 Å². The third kappa shape index (κ3) is 2.25. The maximum Gasteiger partial charge on any atom is 0.323 e. The molecule has 0 radical (unpaired) electrons. The molecule has 0 fully saturated rings. The van der Waals surface area contributed by atoms with Gasteiger partial charge in [0.1, 0.15) is 0 Å².